The van der Waals surface area contributed by atoms with Gasteiger partial charge in [-0.2, -0.15) is 0 Å². The van der Waals surface area contributed by atoms with E-state index in [2.05, 4.69) is 11.9 Å². The molecule has 1 aliphatic heterocycles. The number of piperidine rings is 1. The fraction of sp³-hybridized carbons (Fsp3) is 0.545. The summed E-state index contributed by atoms with van der Waals surface area (Å²) in [5.41, 5.74) is 6.58. The van der Waals surface area contributed by atoms with Crippen molar-refractivity contribution < 1.29 is 4.79 Å². The fourth-order valence-corrected chi connectivity index (χ4v) is 1.98. The van der Waals surface area contributed by atoms with Crippen LogP contribution in [0.3, 0.4) is 0 Å². The van der Waals surface area contributed by atoms with Gasteiger partial charge in [-0.15, -0.1) is 12.4 Å². The highest BCUT2D eigenvalue weighted by Crippen LogP contribution is 2.16. The minimum atomic E-state index is 0. The molecule has 1 amide bonds. The third-order valence-electron chi connectivity index (χ3n) is 3.09. The van der Waals surface area contributed by atoms with Crippen molar-refractivity contribution in [3.05, 3.63) is 24.0 Å². The first-order valence-electron chi connectivity index (χ1n) is 5.36. The number of nitrogens with zero attached hydrogens (tertiary/aromatic N) is 1. The minimum absolute atomic E-state index is 0. The molecule has 1 aromatic heterocycles. The largest absolute Gasteiger partial charge is 0.357 e. The average Bonchev–Trinajstić information content (AvgIpc) is 2.74. The van der Waals surface area contributed by atoms with Crippen molar-refractivity contribution in [1.29, 1.82) is 0 Å². The first-order valence-corrected chi connectivity index (χ1v) is 5.36. The molecule has 16 heavy (non-hydrogen) atoms. The molecule has 0 bridgehead atoms. The summed E-state index contributed by atoms with van der Waals surface area (Å²) in [5.74, 6) is 0.469. The van der Waals surface area contributed by atoms with Crippen LogP contribution >= 0.6 is 12.4 Å². The van der Waals surface area contributed by atoms with Crippen LogP contribution < -0.4 is 5.73 Å². The molecule has 1 fully saturated rings. The van der Waals surface area contributed by atoms with Crippen LogP contribution in [0.2, 0.25) is 0 Å². The summed E-state index contributed by atoms with van der Waals surface area (Å²) in [7, 11) is 0. The van der Waals surface area contributed by atoms with Gasteiger partial charge in [0.25, 0.3) is 5.91 Å². The van der Waals surface area contributed by atoms with E-state index < -0.39 is 0 Å². The lowest BCUT2D eigenvalue weighted by Crippen LogP contribution is -2.48. The Kier molecular flexibility index (Phi) is 4.38. The van der Waals surface area contributed by atoms with E-state index in [4.69, 9.17) is 5.73 Å². The number of aromatic amines is 1. The van der Waals surface area contributed by atoms with Gasteiger partial charge in [0.05, 0.1) is 0 Å². The van der Waals surface area contributed by atoms with Gasteiger partial charge in [0.1, 0.15) is 5.69 Å². The molecule has 2 heterocycles. The summed E-state index contributed by atoms with van der Waals surface area (Å²) in [4.78, 5) is 16.8. The number of H-pyrrole nitrogens is 1. The number of hydrogen-bond donors (Lipinski definition) is 2. The Morgan fingerprint density at radius 1 is 1.62 bits per heavy atom. The Labute approximate surface area is 102 Å². The molecule has 2 atom stereocenters. The van der Waals surface area contributed by atoms with Crippen molar-refractivity contribution in [1.82, 2.24) is 9.88 Å². The van der Waals surface area contributed by atoms with E-state index in [9.17, 15) is 4.79 Å². The van der Waals surface area contributed by atoms with Gasteiger partial charge in [0.2, 0.25) is 0 Å². The molecule has 0 aliphatic carbocycles. The smallest absolute Gasteiger partial charge is 0.270 e. The van der Waals surface area contributed by atoms with Crippen LogP contribution in [0.15, 0.2) is 18.3 Å². The number of amides is 1. The summed E-state index contributed by atoms with van der Waals surface area (Å²) in [6, 6.07) is 3.88. The van der Waals surface area contributed by atoms with Gasteiger partial charge in [-0.25, -0.2) is 0 Å². The first kappa shape index (κ1) is 13.1. The number of aromatic nitrogens is 1. The van der Waals surface area contributed by atoms with Gasteiger partial charge in [0, 0.05) is 25.3 Å². The quantitative estimate of drug-likeness (QED) is 0.780. The molecule has 0 saturated carbocycles. The molecular weight excluding hydrogens is 226 g/mol. The lowest BCUT2D eigenvalue weighted by molar-refractivity contribution is 0.0659. The molecule has 0 spiro atoms. The Bertz CT molecular complexity index is 339. The topological polar surface area (TPSA) is 62.1 Å². The molecule has 4 nitrogen and oxygen atoms in total. The molecule has 1 saturated heterocycles. The molecule has 0 aromatic carbocycles. The molecule has 1 aromatic rings. The molecule has 5 heteroatoms. The fourth-order valence-electron chi connectivity index (χ4n) is 1.98. The predicted molar refractivity (Wildman–Crippen MR) is 65.7 cm³/mol. The number of carbonyl (C=O) groups excluding carboxylic acids is 1. The molecule has 2 unspecified atom stereocenters. The second-order valence-corrected chi connectivity index (χ2v) is 4.26. The summed E-state index contributed by atoms with van der Waals surface area (Å²) in [6.07, 6.45) is 2.67. The third-order valence-corrected chi connectivity index (χ3v) is 3.09. The molecule has 90 valence electrons. The van der Waals surface area contributed by atoms with E-state index in [1.54, 1.807) is 6.20 Å². The molecular formula is C11H18ClN3O. The van der Waals surface area contributed by atoms with E-state index in [0.29, 0.717) is 11.6 Å². The highest BCUT2D eigenvalue weighted by atomic mass is 35.5. The summed E-state index contributed by atoms with van der Waals surface area (Å²) in [6.45, 7) is 3.63. The van der Waals surface area contributed by atoms with E-state index in [1.807, 2.05) is 17.0 Å². The number of nitrogens with one attached hydrogen (secondary N) is 1. The van der Waals surface area contributed by atoms with E-state index >= 15 is 0 Å². The Balaban J connectivity index is 0.00000128. The third kappa shape index (κ3) is 2.57. The molecule has 3 N–H and O–H groups in total. The average molecular weight is 244 g/mol. The van der Waals surface area contributed by atoms with Crippen LogP contribution in [-0.4, -0.2) is 34.9 Å². The second-order valence-electron chi connectivity index (χ2n) is 4.26. The van der Waals surface area contributed by atoms with Crippen molar-refractivity contribution in [2.24, 2.45) is 11.7 Å². The van der Waals surface area contributed by atoms with Crippen molar-refractivity contribution >= 4 is 18.3 Å². The zero-order chi connectivity index (χ0) is 10.8. The van der Waals surface area contributed by atoms with Crippen LogP contribution in [0.5, 0.6) is 0 Å². The van der Waals surface area contributed by atoms with Crippen molar-refractivity contribution in [2.75, 3.05) is 13.1 Å². The number of likely N-dealkylation sites (tertiary alicyclic amines) is 1. The van der Waals surface area contributed by atoms with Crippen LogP contribution in [0.4, 0.5) is 0 Å². The van der Waals surface area contributed by atoms with Gasteiger partial charge in [-0.3, -0.25) is 4.79 Å². The van der Waals surface area contributed by atoms with Gasteiger partial charge in [0.15, 0.2) is 0 Å². The van der Waals surface area contributed by atoms with E-state index in [0.717, 1.165) is 19.5 Å². The maximum Gasteiger partial charge on any atom is 0.270 e. The normalized spacial score (nSPS) is 25.0. The predicted octanol–water partition coefficient (Wildman–Crippen LogP) is 1.25. The second kappa shape index (κ2) is 5.37. The number of halogens is 1. The minimum Gasteiger partial charge on any atom is -0.357 e. The van der Waals surface area contributed by atoms with Crippen LogP contribution in [0, 0.1) is 5.92 Å². The van der Waals surface area contributed by atoms with Crippen molar-refractivity contribution in [3.63, 3.8) is 0 Å². The van der Waals surface area contributed by atoms with Crippen molar-refractivity contribution in [2.45, 2.75) is 19.4 Å². The van der Waals surface area contributed by atoms with E-state index in [1.165, 1.54) is 0 Å². The Morgan fingerprint density at radius 3 is 2.94 bits per heavy atom. The summed E-state index contributed by atoms with van der Waals surface area (Å²) in [5, 5.41) is 0. The number of hydrogen-bond acceptors (Lipinski definition) is 2. The van der Waals surface area contributed by atoms with Gasteiger partial charge < -0.3 is 15.6 Å². The van der Waals surface area contributed by atoms with Gasteiger partial charge >= 0.3 is 0 Å². The van der Waals surface area contributed by atoms with Crippen LogP contribution in [0.25, 0.3) is 0 Å². The standard InChI is InChI=1S/C11H17N3O.ClH/c1-8-7-14(6-4-9(8)12)11(15)10-3-2-5-13-10;/h2-3,5,8-9,13H,4,6-7,12H2,1H3;1H. The number of carbonyl (C=O) groups is 1. The Morgan fingerprint density at radius 2 is 2.38 bits per heavy atom. The monoisotopic (exact) mass is 243 g/mol. The van der Waals surface area contributed by atoms with E-state index in [-0.39, 0.29) is 24.4 Å². The summed E-state index contributed by atoms with van der Waals surface area (Å²) < 4.78 is 0. The Hall–Kier alpha value is -1.00. The molecule has 0 radical (unpaired) electrons. The number of nitrogens with two attached hydrogens (primary N) is 1. The van der Waals surface area contributed by atoms with Crippen LogP contribution in [0.1, 0.15) is 23.8 Å². The first-order chi connectivity index (χ1) is 7.18. The lowest BCUT2D eigenvalue weighted by atomic mass is 9.94. The maximum absolute atomic E-state index is 12.0. The summed E-state index contributed by atoms with van der Waals surface area (Å²) >= 11 is 0. The van der Waals surface area contributed by atoms with Gasteiger partial charge in [-0.1, -0.05) is 6.92 Å². The highest BCUT2D eigenvalue weighted by Gasteiger charge is 2.26. The zero-order valence-corrected chi connectivity index (χ0v) is 10.2. The zero-order valence-electron chi connectivity index (χ0n) is 9.35. The molecule has 1 aliphatic rings. The SMILES string of the molecule is CC1CN(C(=O)c2ccc[nH]2)CCC1N.Cl. The van der Waals surface area contributed by atoms with Gasteiger partial charge in [-0.05, 0) is 24.5 Å². The van der Waals surface area contributed by atoms with Crippen molar-refractivity contribution in [3.8, 4) is 0 Å². The number of rotatable bonds is 1. The lowest BCUT2D eigenvalue weighted by Gasteiger charge is -2.34. The van der Waals surface area contributed by atoms with Crippen LogP contribution in [-0.2, 0) is 0 Å². The maximum atomic E-state index is 12.0. The molecule has 2 rings (SSSR count). The highest BCUT2D eigenvalue weighted by molar-refractivity contribution is 5.92.